The number of morpholine rings is 1. The van der Waals surface area contributed by atoms with Crippen LogP contribution in [0.4, 0.5) is 10.2 Å². The van der Waals surface area contributed by atoms with E-state index in [-0.39, 0.29) is 18.3 Å². The van der Waals surface area contributed by atoms with E-state index in [1.54, 1.807) is 13.1 Å². The number of carbonyl (C=O) groups excluding carboxylic acids is 2. The van der Waals surface area contributed by atoms with Gasteiger partial charge in [-0.15, -0.1) is 0 Å². The smallest absolute Gasteiger partial charge is 0.257 e. The molecule has 23 heavy (non-hydrogen) atoms. The summed E-state index contributed by atoms with van der Waals surface area (Å²) >= 11 is 0. The van der Waals surface area contributed by atoms with E-state index < -0.39 is 23.9 Å². The molecule has 1 aliphatic rings. The van der Waals surface area contributed by atoms with E-state index in [9.17, 15) is 14.0 Å². The Kier molecular flexibility index (Phi) is 4.07. The molecule has 3 rings (SSSR count). The van der Waals surface area contributed by atoms with Crippen molar-refractivity contribution < 1.29 is 23.2 Å². The van der Waals surface area contributed by atoms with Crippen LogP contribution in [0.15, 0.2) is 41.1 Å². The highest BCUT2D eigenvalue weighted by Crippen LogP contribution is 2.30. The van der Waals surface area contributed by atoms with Crippen molar-refractivity contribution in [3.63, 3.8) is 0 Å². The second kappa shape index (κ2) is 6.17. The predicted octanol–water partition coefficient (Wildman–Crippen LogP) is 1.35. The highest BCUT2D eigenvalue weighted by atomic mass is 19.1. The molecular weight excluding hydrogens is 305 g/mol. The molecule has 0 spiro atoms. The van der Waals surface area contributed by atoms with Crippen molar-refractivity contribution in [3.8, 4) is 0 Å². The Hall–Kier alpha value is -2.74. The molecule has 2 aromatic rings. The number of likely N-dealkylation sites (N-methyl/N-ethyl adjacent to an activating group) is 1. The first kappa shape index (κ1) is 15.2. The molecule has 1 aliphatic heterocycles. The Balaban J connectivity index is 1.89. The molecule has 120 valence electrons. The molecular formula is C15H14FN3O4. The van der Waals surface area contributed by atoms with E-state index >= 15 is 0 Å². The van der Waals surface area contributed by atoms with E-state index in [1.807, 2.05) is 0 Å². The van der Waals surface area contributed by atoms with Crippen LogP contribution in [-0.4, -0.2) is 41.6 Å². The molecule has 0 radical (unpaired) electrons. The summed E-state index contributed by atoms with van der Waals surface area (Å²) in [5.74, 6) is -1.00. The lowest BCUT2D eigenvalue weighted by Crippen LogP contribution is -2.51. The minimum atomic E-state index is -0.990. The number of ether oxygens (including phenoxy) is 1. The van der Waals surface area contributed by atoms with E-state index in [4.69, 9.17) is 4.74 Å². The summed E-state index contributed by atoms with van der Waals surface area (Å²) in [5, 5.41) is 6.13. The van der Waals surface area contributed by atoms with Crippen LogP contribution in [0.25, 0.3) is 0 Å². The number of aromatic nitrogens is 1. The topological polar surface area (TPSA) is 84.7 Å². The van der Waals surface area contributed by atoms with Gasteiger partial charge in [0.2, 0.25) is 5.91 Å². The molecule has 8 heteroatoms. The van der Waals surface area contributed by atoms with E-state index in [0.717, 1.165) is 0 Å². The fourth-order valence-electron chi connectivity index (χ4n) is 2.49. The molecule has 1 aromatic heterocycles. The monoisotopic (exact) mass is 319 g/mol. The molecule has 1 N–H and O–H groups in total. The molecule has 2 amide bonds. The number of hydrogen-bond donors (Lipinski definition) is 1. The van der Waals surface area contributed by atoms with Gasteiger partial charge in [0.25, 0.3) is 5.91 Å². The quantitative estimate of drug-likeness (QED) is 0.923. The maximum Gasteiger partial charge on any atom is 0.257 e. The van der Waals surface area contributed by atoms with Crippen molar-refractivity contribution in [1.29, 1.82) is 0 Å². The Bertz CT molecular complexity index is 719. The maximum absolute atomic E-state index is 13.5. The first-order valence-corrected chi connectivity index (χ1v) is 6.90. The second-order valence-corrected chi connectivity index (χ2v) is 5.11. The normalized spacial score (nSPS) is 21.3. The fraction of sp³-hybridized carbons (Fsp3) is 0.267. The van der Waals surface area contributed by atoms with Gasteiger partial charge in [0.05, 0.1) is 6.04 Å². The molecule has 1 aromatic carbocycles. The highest BCUT2D eigenvalue weighted by molar-refractivity contribution is 5.95. The van der Waals surface area contributed by atoms with Crippen molar-refractivity contribution in [3.05, 3.63) is 48.0 Å². The minimum Gasteiger partial charge on any atom is -0.363 e. The molecule has 1 fully saturated rings. The van der Waals surface area contributed by atoms with Gasteiger partial charge in [0.15, 0.2) is 11.9 Å². The van der Waals surface area contributed by atoms with E-state index in [1.165, 1.54) is 35.4 Å². The summed E-state index contributed by atoms with van der Waals surface area (Å²) < 4.78 is 23.6. The first-order valence-electron chi connectivity index (χ1n) is 6.90. The summed E-state index contributed by atoms with van der Waals surface area (Å²) in [5.41, 5.74) is 0.473. The third-order valence-electron chi connectivity index (χ3n) is 3.62. The van der Waals surface area contributed by atoms with Gasteiger partial charge in [-0.3, -0.25) is 9.59 Å². The van der Waals surface area contributed by atoms with Crippen molar-refractivity contribution in [2.45, 2.75) is 12.1 Å². The average molecular weight is 319 g/mol. The Morgan fingerprint density at radius 1 is 1.43 bits per heavy atom. The van der Waals surface area contributed by atoms with Gasteiger partial charge in [-0.25, -0.2) is 4.39 Å². The largest absolute Gasteiger partial charge is 0.363 e. The molecule has 0 aliphatic carbocycles. The third-order valence-corrected chi connectivity index (χ3v) is 3.62. The number of nitrogens with one attached hydrogen (secondary N) is 1. The van der Waals surface area contributed by atoms with Crippen LogP contribution in [0.3, 0.4) is 0 Å². The maximum atomic E-state index is 13.5. The predicted molar refractivity (Wildman–Crippen MR) is 76.8 cm³/mol. The molecule has 1 saturated heterocycles. The minimum absolute atomic E-state index is 0.223. The molecule has 0 bridgehead atoms. The zero-order chi connectivity index (χ0) is 16.4. The number of halogens is 1. The van der Waals surface area contributed by atoms with Gasteiger partial charge in [-0.1, -0.05) is 17.3 Å². The summed E-state index contributed by atoms with van der Waals surface area (Å²) in [6.07, 6.45) is 0.327. The van der Waals surface area contributed by atoms with E-state index in [2.05, 4.69) is 15.0 Å². The fourth-order valence-corrected chi connectivity index (χ4v) is 2.49. The lowest BCUT2D eigenvalue weighted by molar-refractivity contribution is -0.160. The SMILES string of the molecule is CN1C(=O)CO[C@@H](C(=O)Nc2ccon2)[C@H]1c1cccc(F)c1. The van der Waals surface area contributed by atoms with Gasteiger partial charge in [-0.2, -0.15) is 0 Å². The number of hydrogen-bond acceptors (Lipinski definition) is 5. The van der Waals surface area contributed by atoms with Crippen LogP contribution in [0.1, 0.15) is 11.6 Å². The summed E-state index contributed by atoms with van der Waals surface area (Å²) in [6.45, 7) is -0.223. The summed E-state index contributed by atoms with van der Waals surface area (Å²) in [6, 6.07) is 6.47. The van der Waals surface area contributed by atoms with Crippen molar-refractivity contribution in [2.75, 3.05) is 19.0 Å². The van der Waals surface area contributed by atoms with Crippen molar-refractivity contribution in [1.82, 2.24) is 10.1 Å². The average Bonchev–Trinajstić information content (AvgIpc) is 3.02. The van der Waals surface area contributed by atoms with Crippen molar-refractivity contribution in [2.24, 2.45) is 0 Å². The number of benzene rings is 1. The van der Waals surface area contributed by atoms with Crippen LogP contribution in [0.2, 0.25) is 0 Å². The highest BCUT2D eigenvalue weighted by Gasteiger charge is 2.40. The molecule has 2 atom stereocenters. The number of carbonyl (C=O) groups is 2. The number of amides is 2. The van der Waals surface area contributed by atoms with Crippen molar-refractivity contribution >= 4 is 17.6 Å². The van der Waals surface area contributed by atoms with Gasteiger partial charge in [0, 0.05) is 13.1 Å². The molecule has 2 heterocycles. The van der Waals surface area contributed by atoms with Gasteiger partial charge in [0.1, 0.15) is 18.7 Å². The van der Waals surface area contributed by atoms with Crippen LogP contribution < -0.4 is 5.32 Å². The van der Waals surface area contributed by atoms with Crippen LogP contribution in [-0.2, 0) is 14.3 Å². The third kappa shape index (κ3) is 3.07. The second-order valence-electron chi connectivity index (χ2n) is 5.11. The Morgan fingerprint density at radius 2 is 2.26 bits per heavy atom. The summed E-state index contributed by atoms with van der Waals surface area (Å²) in [7, 11) is 1.55. The van der Waals surface area contributed by atoms with Gasteiger partial charge >= 0.3 is 0 Å². The zero-order valence-electron chi connectivity index (χ0n) is 12.2. The lowest BCUT2D eigenvalue weighted by atomic mass is 9.97. The van der Waals surface area contributed by atoms with Crippen LogP contribution >= 0.6 is 0 Å². The number of rotatable bonds is 3. The Morgan fingerprint density at radius 3 is 2.96 bits per heavy atom. The van der Waals surface area contributed by atoms with E-state index in [0.29, 0.717) is 5.56 Å². The standard InChI is InChI=1S/C15H14FN3O4/c1-19-12(20)8-22-14(15(21)17-11-5-6-23-18-11)13(19)9-3-2-4-10(16)7-9/h2-7,13-14H,8H2,1H3,(H,17,18,21)/t13-,14-/m1/s1. The molecule has 0 saturated carbocycles. The van der Waals surface area contributed by atoms with Crippen LogP contribution in [0, 0.1) is 5.82 Å². The van der Waals surface area contributed by atoms with Gasteiger partial charge in [-0.05, 0) is 17.7 Å². The molecule has 0 unspecified atom stereocenters. The molecule has 7 nitrogen and oxygen atoms in total. The first-order chi connectivity index (χ1) is 11.1. The van der Waals surface area contributed by atoms with Gasteiger partial charge < -0.3 is 19.5 Å². The number of anilines is 1. The summed E-state index contributed by atoms with van der Waals surface area (Å²) in [4.78, 5) is 25.7. The zero-order valence-corrected chi connectivity index (χ0v) is 12.2. The Labute approximate surface area is 131 Å². The lowest BCUT2D eigenvalue weighted by Gasteiger charge is -2.38. The number of nitrogens with zero attached hydrogens (tertiary/aromatic N) is 2. The van der Waals surface area contributed by atoms with Crippen LogP contribution in [0.5, 0.6) is 0 Å².